The van der Waals surface area contributed by atoms with Gasteiger partial charge in [0.2, 0.25) is 0 Å². The molecule has 0 radical (unpaired) electrons. The number of aliphatic hydroxyl groups is 1. The third-order valence-corrected chi connectivity index (χ3v) is 6.53. The highest BCUT2D eigenvalue weighted by atomic mass is 19.1. The molecule has 1 N–H and O–H groups in total. The molecule has 0 bridgehead atoms. The van der Waals surface area contributed by atoms with Gasteiger partial charge in [-0.15, -0.1) is 0 Å². The zero-order valence-corrected chi connectivity index (χ0v) is 20.7. The lowest BCUT2D eigenvalue weighted by Gasteiger charge is -2.25. The quantitative estimate of drug-likeness (QED) is 0.196. The van der Waals surface area contributed by atoms with Crippen molar-refractivity contribution in [2.24, 2.45) is 0 Å². The van der Waals surface area contributed by atoms with Crippen molar-refractivity contribution in [2.45, 2.75) is 26.1 Å². The molecule has 0 spiro atoms. The fraction of sp³-hybridized carbons (Fsp3) is 0.129. The van der Waals surface area contributed by atoms with Crippen molar-refractivity contribution in [3.63, 3.8) is 0 Å². The Morgan fingerprint density at radius 2 is 1.66 bits per heavy atom. The highest BCUT2D eigenvalue weighted by molar-refractivity contribution is 6.46. The average molecular weight is 509 g/mol. The minimum atomic E-state index is -0.879. The third kappa shape index (κ3) is 5.04. The first kappa shape index (κ1) is 24.9. The van der Waals surface area contributed by atoms with Gasteiger partial charge in [0.1, 0.15) is 23.9 Å². The van der Waals surface area contributed by atoms with Gasteiger partial charge in [-0.3, -0.25) is 14.6 Å². The molecule has 6 nitrogen and oxygen atoms in total. The van der Waals surface area contributed by atoms with Crippen LogP contribution in [0.4, 0.5) is 4.39 Å². The molecule has 5 rings (SSSR count). The zero-order valence-electron chi connectivity index (χ0n) is 20.7. The molecule has 2 heterocycles. The number of amides is 1. The van der Waals surface area contributed by atoms with Crippen LogP contribution in [0.3, 0.4) is 0 Å². The van der Waals surface area contributed by atoms with Crippen LogP contribution < -0.4 is 4.74 Å². The van der Waals surface area contributed by atoms with E-state index in [2.05, 4.69) is 4.98 Å². The van der Waals surface area contributed by atoms with E-state index in [0.717, 1.165) is 11.1 Å². The summed E-state index contributed by atoms with van der Waals surface area (Å²) >= 11 is 0. The summed E-state index contributed by atoms with van der Waals surface area (Å²) in [6.45, 7) is 2.12. The Morgan fingerprint density at radius 1 is 0.947 bits per heavy atom. The Balaban J connectivity index is 1.52. The number of nitrogens with zero attached hydrogens (tertiary/aromatic N) is 2. The van der Waals surface area contributed by atoms with Crippen molar-refractivity contribution >= 4 is 17.4 Å². The van der Waals surface area contributed by atoms with Crippen molar-refractivity contribution in [3.05, 3.63) is 137 Å². The number of rotatable bonds is 7. The average Bonchev–Trinajstić information content (AvgIpc) is 3.19. The molecule has 1 saturated heterocycles. The number of hydrogen-bond acceptors (Lipinski definition) is 5. The summed E-state index contributed by atoms with van der Waals surface area (Å²) in [7, 11) is 0. The third-order valence-electron chi connectivity index (χ3n) is 6.53. The van der Waals surface area contributed by atoms with Crippen LogP contribution in [0.1, 0.15) is 33.9 Å². The number of aromatic nitrogens is 1. The van der Waals surface area contributed by atoms with E-state index in [9.17, 15) is 19.1 Å². The van der Waals surface area contributed by atoms with Crippen LogP contribution in [0, 0.1) is 12.7 Å². The molecule has 3 aromatic carbocycles. The van der Waals surface area contributed by atoms with E-state index in [1.165, 1.54) is 23.1 Å². The van der Waals surface area contributed by atoms with E-state index < -0.39 is 29.3 Å². The van der Waals surface area contributed by atoms with Gasteiger partial charge in [0.05, 0.1) is 11.6 Å². The molecular formula is C31H25FN2O4. The molecule has 1 atom stereocenters. The van der Waals surface area contributed by atoms with Crippen molar-refractivity contribution in [3.8, 4) is 5.75 Å². The van der Waals surface area contributed by atoms with Crippen LogP contribution in [-0.2, 0) is 22.7 Å². The van der Waals surface area contributed by atoms with Gasteiger partial charge >= 0.3 is 0 Å². The van der Waals surface area contributed by atoms with Crippen LogP contribution in [0.5, 0.6) is 5.75 Å². The van der Waals surface area contributed by atoms with Gasteiger partial charge in [0.25, 0.3) is 11.7 Å². The lowest BCUT2D eigenvalue weighted by atomic mass is 9.94. The second-order valence-electron chi connectivity index (χ2n) is 9.09. The summed E-state index contributed by atoms with van der Waals surface area (Å²) < 4.78 is 20.2. The molecule has 38 heavy (non-hydrogen) atoms. The van der Waals surface area contributed by atoms with E-state index in [1.54, 1.807) is 55.7 Å². The maximum atomic E-state index is 14.3. The largest absolute Gasteiger partial charge is 0.507 e. The number of benzene rings is 3. The van der Waals surface area contributed by atoms with Crippen molar-refractivity contribution in [1.29, 1.82) is 0 Å². The summed E-state index contributed by atoms with van der Waals surface area (Å²) in [4.78, 5) is 31.9. The van der Waals surface area contributed by atoms with E-state index in [1.807, 2.05) is 30.3 Å². The SMILES string of the molecule is Cc1ccc(C(O)=C2C(=O)C(=O)N(Cc3ccncc3)[C@H]2c2ccc(OCc3ccccc3)cc2)cc1F. The summed E-state index contributed by atoms with van der Waals surface area (Å²) in [5.74, 6) is -1.90. The molecule has 7 heteroatoms. The molecule has 190 valence electrons. The van der Waals surface area contributed by atoms with E-state index in [0.29, 0.717) is 23.5 Å². The number of halogens is 1. The number of ketones is 1. The van der Waals surface area contributed by atoms with Gasteiger partial charge in [0.15, 0.2) is 0 Å². The maximum Gasteiger partial charge on any atom is 0.295 e. The van der Waals surface area contributed by atoms with Crippen LogP contribution in [0.15, 0.2) is 103 Å². The molecule has 0 aliphatic carbocycles. The number of carbonyl (C=O) groups excluding carboxylic acids is 2. The lowest BCUT2D eigenvalue weighted by Crippen LogP contribution is -2.29. The molecule has 1 amide bonds. The molecule has 1 aliphatic rings. The number of carbonyl (C=O) groups is 2. The van der Waals surface area contributed by atoms with Gasteiger partial charge in [-0.2, -0.15) is 0 Å². The summed E-state index contributed by atoms with van der Waals surface area (Å²) in [6.07, 6.45) is 3.21. The number of hydrogen-bond donors (Lipinski definition) is 1. The Hall–Kier alpha value is -4.78. The molecule has 1 aliphatic heterocycles. The number of ether oxygens (including phenoxy) is 1. The molecular weight excluding hydrogens is 483 g/mol. The number of aryl methyl sites for hydroxylation is 1. The topological polar surface area (TPSA) is 79.7 Å². The normalized spacial score (nSPS) is 16.6. The number of likely N-dealkylation sites (tertiary alicyclic amines) is 1. The fourth-order valence-electron chi connectivity index (χ4n) is 4.46. The van der Waals surface area contributed by atoms with E-state index in [-0.39, 0.29) is 17.7 Å². The highest BCUT2D eigenvalue weighted by Crippen LogP contribution is 2.40. The Bertz CT molecular complexity index is 1500. The number of Topliss-reactive ketones (excluding diaryl/α,β-unsaturated/α-hetero) is 1. The first-order chi connectivity index (χ1) is 18.4. The van der Waals surface area contributed by atoms with Crippen LogP contribution in [0.25, 0.3) is 5.76 Å². The first-order valence-electron chi connectivity index (χ1n) is 12.1. The van der Waals surface area contributed by atoms with E-state index >= 15 is 0 Å². The fourth-order valence-corrected chi connectivity index (χ4v) is 4.46. The van der Waals surface area contributed by atoms with Gasteiger partial charge in [-0.1, -0.05) is 54.6 Å². The Kier molecular flexibility index (Phi) is 7.00. The monoisotopic (exact) mass is 508 g/mol. The summed E-state index contributed by atoms with van der Waals surface area (Å²) in [5, 5.41) is 11.2. The molecule has 0 unspecified atom stereocenters. The number of pyridine rings is 1. The van der Waals surface area contributed by atoms with Crippen molar-refractivity contribution < 1.29 is 23.8 Å². The Labute approximate surface area is 219 Å². The summed E-state index contributed by atoms with van der Waals surface area (Å²) in [6, 6.07) is 23.6. The second kappa shape index (κ2) is 10.7. The Morgan fingerprint density at radius 3 is 2.34 bits per heavy atom. The minimum absolute atomic E-state index is 0.0923. The predicted octanol–water partition coefficient (Wildman–Crippen LogP) is 5.73. The van der Waals surface area contributed by atoms with Crippen LogP contribution >= 0.6 is 0 Å². The van der Waals surface area contributed by atoms with Gasteiger partial charge in [-0.05, 0) is 59.5 Å². The summed E-state index contributed by atoms with van der Waals surface area (Å²) in [5.41, 5.74) is 2.85. The van der Waals surface area contributed by atoms with Gasteiger partial charge in [0, 0.05) is 24.5 Å². The van der Waals surface area contributed by atoms with Crippen LogP contribution in [0.2, 0.25) is 0 Å². The van der Waals surface area contributed by atoms with Crippen molar-refractivity contribution in [1.82, 2.24) is 9.88 Å². The van der Waals surface area contributed by atoms with Crippen LogP contribution in [-0.4, -0.2) is 26.7 Å². The van der Waals surface area contributed by atoms with Gasteiger partial charge in [-0.25, -0.2) is 4.39 Å². The minimum Gasteiger partial charge on any atom is -0.507 e. The van der Waals surface area contributed by atoms with Crippen molar-refractivity contribution in [2.75, 3.05) is 0 Å². The standard InChI is InChI=1S/C31H25FN2O4/c1-20-7-8-24(17-26(20)32)29(35)27-28(34(31(37)30(27)36)18-21-13-15-33-16-14-21)23-9-11-25(12-10-23)38-19-22-5-3-2-4-6-22/h2-17,28,35H,18-19H2,1H3/t28-/m0/s1. The van der Waals surface area contributed by atoms with E-state index in [4.69, 9.17) is 4.74 Å². The molecule has 0 saturated carbocycles. The highest BCUT2D eigenvalue weighted by Gasteiger charge is 2.46. The smallest absolute Gasteiger partial charge is 0.295 e. The molecule has 4 aromatic rings. The molecule has 1 aromatic heterocycles. The maximum absolute atomic E-state index is 14.3. The predicted molar refractivity (Wildman–Crippen MR) is 140 cm³/mol. The lowest BCUT2D eigenvalue weighted by molar-refractivity contribution is -0.140. The van der Waals surface area contributed by atoms with Gasteiger partial charge < -0.3 is 14.7 Å². The first-order valence-corrected chi connectivity index (χ1v) is 12.1. The zero-order chi connectivity index (χ0) is 26.6. The second-order valence-corrected chi connectivity index (χ2v) is 9.09. The molecule has 1 fully saturated rings. The number of aliphatic hydroxyl groups excluding tert-OH is 1.